The van der Waals surface area contributed by atoms with Gasteiger partial charge in [0.25, 0.3) is 0 Å². The first-order chi connectivity index (χ1) is 32.4. The van der Waals surface area contributed by atoms with Crippen molar-refractivity contribution < 1.29 is 0 Å². The second-order valence-corrected chi connectivity index (χ2v) is 22.6. The SMILES string of the molecule is CCCCCCCCCCCCCCCCCCCCCCCCCCCCCCCCCCCCCCCCCCCCCCCCCCCCCCCCCCCCCCCCC. The first-order valence-electron chi connectivity index (χ1n) is 32.4. The Morgan fingerprint density at radius 1 is 0.0769 bits per heavy atom. The van der Waals surface area contributed by atoms with Gasteiger partial charge in [0.1, 0.15) is 0 Å². The molecule has 0 aromatic heterocycles. The van der Waals surface area contributed by atoms with Crippen molar-refractivity contribution >= 4 is 0 Å². The summed E-state index contributed by atoms with van der Waals surface area (Å²) in [4.78, 5) is 0. The first-order valence-corrected chi connectivity index (χ1v) is 32.4. The molecule has 0 N–H and O–H groups in total. The molecular formula is C65H132. The van der Waals surface area contributed by atoms with Crippen LogP contribution in [-0.2, 0) is 0 Å². The second-order valence-electron chi connectivity index (χ2n) is 22.6. The summed E-state index contributed by atoms with van der Waals surface area (Å²) in [6.07, 6.45) is 93.9. The molecule has 0 radical (unpaired) electrons. The molecule has 0 saturated heterocycles. The molecule has 0 aliphatic rings. The summed E-state index contributed by atoms with van der Waals surface area (Å²) in [5, 5.41) is 0. The third-order valence-corrected chi connectivity index (χ3v) is 15.7. The normalized spacial score (nSPS) is 11.7. The minimum Gasteiger partial charge on any atom is -0.0654 e. The fraction of sp³-hybridized carbons (Fsp3) is 1.00. The van der Waals surface area contributed by atoms with Gasteiger partial charge in [-0.1, -0.05) is 418 Å². The molecule has 65 heavy (non-hydrogen) atoms. The van der Waals surface area contributed by atoms with Gasteiger partial charge in [0, 0.05) is 0 Å². The van der Waals surface area contributed by atoms with Crippen molar-refractivity contribution in [1.82, 2.24) is 0 Å². The van der Waals surface area contributed by atoms with Gasteiger partial charge in [0.2, 0.25) is 0 Å². The van der Waals surface area contributed by atoms with Crippen LogP contribution in [0, 0.1) is 0 Å². The lowest BCUT2D eigenvalue weighted by atomic mass is 10.0. The molecule has 0 amide bonds. The highest BCUT2D eigenvalue weighted by molar-refractivity contribution is 4.56. The monoisotopic (exact) mass is 913 g/mol. The third-order valence-electron chi connectivity index (χ3n) is 15.7. The van der Waals surface area contributed by atoms with Crippen molar-refractivity contribution in [3.05, 3.63) is 0 Å². The van der Waals surface area contributed by atoms with Gasteiger partial charge in [0.05, 0.1) is 0 Å². The molecule has 0 nitrogen and oxygen atoms in total. The zero-order chi connectivity index (χ0) is 46.5. The molecule has 0 rings (SSSR count). The lowest BCUT2D eigenvalue weighted by molar-refractivity contribution is 0.506. The zero-order valence-electron chi connectivity index (χ0n) is 46.5. The molecule has 0 aromatic carbocycles. The fourth-order valence-corrected chi connectivity index (χ4v) is 10.9. The maximum atomic E-state index is 2.31. The van der Waals surface area contributed by atoms with E-state index in [4.69, 9.17) is 0 Å². The third kappa shape index (κ3) is 64.0. The lowest BCUT2D eigenvalue weighted by Gasteiger charge is -2.05. The molecule has 392 valence electrons. The molecule has 0 fully saturated rings. The van der Waals surface area contributed by atoms with Gasteiger partial charge in [-0.05, 0) is 0 Å². The maximum absolute atomic E-state index is 2.31. The molecule has 0 bridgehead atoms. The zero-order valence-corrected chi connectivity index (χ0v) is 46.5. The average Bonchev–Trinajstić information content (AvgIpc) is 3.32. The summed E-state index contributed by atoms with van der Waals surface area (Å²) in [5.74, 6) is 0. The predicted octanol–water partition coefficient (Wildman–Crippen LogP) is 25.6. The number of hydrogen-bond acceptors (Lipinski definition) is 0. The van der Waals surface area contributed by atoms with Crippen LogP contribution in [0.4, 0.5) is 0 Å². The minimum atomic E-state index is 1.37. The largest absolute Gasteiger partial charge is 0.0654 e. The van der Waals surface area contributed by atoms with E-state index >= 15 is 0 Å². The Morgan fingerprint density at radius 3 is 0.169 bits per heavy atom. The van der Waals surface area contributed by atoms with Crippen LogP contribution in [0.3, 0.4) is 0 Å². The summed E-state index contributed by atoms with van der Waals surface area (Å²) in [5.41, 5.74) is 0. The minimum absolute atomic E-state index is 1.37. The van der Waals surface area contributed by atoms with Gasteiger partial charge >= 0.3 is 0 Å². The quantitative estimate of drug-likeness (QED) is 0.0534. The Bertz CT molecular complexity index is 691. The van der Waals surface area contributed by atoms with Gasteiger partial charge in [-0.2, -0.15) is 0 Å². The first kappa shape index (κ1) is 65.0. The van der Waals surface area contributed by atoms with Crippen molar-refractivity contribution in [2.45, 2.75) is 418 Å². The van der Waals surface area contributed by atoms with Crippen LogP contribution >= 0.6 is 0 Å². The van der Waals surface area contributed by atoms with Crippen LogP contribution < -0.4 is 0 Å². The summed E-state index contributed by atoms with van der Waals surface area (Å²) in [6, 6.07) is 0. The summed E-state index contributed by atoms with van der Waals surface area (Å²) in [7, 11) is 0. The summed E-state index contributed by atoms with van der Waals surface area (Å²) >= 11 is 0. The Hall–Kier alpha value is 0. The van der Waals surface area contributed by atoms with E-state index in [9.17, 15) is 0 Å². The van der Waals surface area contributed by atoms with Crippen LogP contribution in [0.1, 0.15) is 418 Å². The highest BCUT2D eigenvalue weighted by Crippen LogP contribution is 2.20. The van der Waals surface area contributed by atoms with Gasteiger partial charge in [-0.3, -0.25) is 0 Å². The molecule has 0 unspecified atom stereocenters. The molecule has 0 heterocycles. The van der Waals surface area contributed by atoms with Gasteiger partial charge < -0.3 is 0 Å². The van der Waals surface area contributed by atoms with E-state index in [0.29, 0.717) is 0 Å². The molecule has 0 aromatic rings. The lowest BCUT2D eigenvalue weighted by Crippen LogP contribution is -1.85. The molecule has 0 aliphatic heterocycles. The van der Waals surface area contributed by atoms with Crippen molar-refractivity contribution in [3.63, 3.8) is 0 Å². The molecule has 0 atom stereocenters. The van der Waals surface area contributed by atoms with Crippen LogP contribution in [0.15, 0.2) is 0 Å². The van der Waals surface area contributed by atoms with Crippen LogP contribution in [0.5, 0.6) is 0 Å². The van der Waals surface area contributed by atoms with E-state index in [1.54, 1.807) is 0 Å². The van der Waals surface area contributed by atoms with Gasteiger partial charge in [-0.15, -0.1) is 0 Å². The van der Waals surface area contributed by atoms with Crippen molar-refractivity contribution in [2.24, 2.45) is 0 Å². The van der Waals surface area contributed by atoms with Crippen molar-refractivity contribution in [2.75, 3.05) is 0 Å². The average molecular weight is 914 g/mol. The Balaban J connectivity index is 3.06. The standard InChI is InChI=1S/C65H132/c1-3-5-7-9-11-13-15-17-19-21-23-25-27-29-31-33-35-37-39-41-43-45-47-49-51-53-55-57-59-61-63-65-64-62-60-58-56-54-52-50-48-46-44-42-40-38-36-34-32-30-28-26-24-22-20-18-16-14-12-10-8-6-4-2/h3-65H2,1-2H3. The number of rotatable bonds is 62. The molecule has 0 aliphatic carbocycles. The topological polar surface area (TPSA) is 0 Å². The van der Waals surface area contributed by atoms with Gasteiger partial charge in [0.15, 0.2) is 0 Å². The maximum Gasteiger partial charge on any atom is -0.0533 e. The fourth-order valence-electron chi connectivity index (χ4n) is 10.9. The van der Waals surface area contributed by atoms with E-state index in [2.05, 4.69) is 13.8 Å². The van der Waals surface area contributed by atoms with Crippen LogP contribution in [0.2, 0.25) is 0 Å². The van der Waals surface area contributed by atoms with Crippen LogP contribution in [0.25, 0.3) is 0 Å². The second kappa shape index (κ2) is 64.0. The molecule has 0 heteroatoms. The molecule has 0 spiro atoms. The van der Waals surface area contributed by atoms with E-state index in [0.717, 1.165) is 0 Å². The Kier molecular flexibility index (Phi) is 64.0. The van der Waals surface area contributed by atoms with E-state index in [1.165, 1.54) is 405 Å². The highest BCUT2D eigenvalue weighted by Gasteiger charge is 2.00. The predicted molar refractivity (Wildman–Crippen MR) is 302 cm³/mol. The summed E-state index contributed by atoms with van der Waals surface area (Å²) < 4.78 is 0. The number of hydrogen-bond donors (Lipinski definition) is 0. The van der Waals surface area contributed by atoms with Gasteiger partial charge in [-0.25, -0.2) is 0 Å². The Morgan fingerprint density at radius 2 is 0.123 bits per heavy atom. The van der Waals surface area contributed by atoms with Crippen molar-refractivity contribution in [3.8, 4) is 0 Å². The molecule has 0 saturated carbocycles. The van der Waals surface area contributed by atoms with Crippen molar-refractivity contribution in [1.29, 1.82) is 0 Å². The van der Waals surface area contributed by atoms with E-state index in [1.807, 2.05) is 0 Å². The van der Waals surface area contributed by atoms with Crippen LogP contribution in [-0.4, -0.2) is 0 Å². The highest BCUT2D eigenvalue weighted by atomic mass is 14.1. The Labute approximate surface area is 416 Å². The smallest absolute Gasteiger partial charge is 0.0533 e. The molecular weight excluding hydrogens is 781 g/mol. The number of unbranched alkanes of at least 4 members (excludes halogenated alkanes) is 62. The van der Waals surface area contributed by atoms with E-state index in [-0.39, 0.29) is 0 Å². The summed E-state index contributed by atoms with van der Waals surface area (Å²) in [6.45, 7) is 4.63. The van der Waals surface area contributed by atoms with E-state index < -0.39 is 0 Å².